The fourth-order valence-corrected chi connectivity index (χ4v) is 3.54. The van der Waals surface area contributed by atoms with Gasteiger partial charge in [-0.1, -0.05) is 6.42 Å². The Morgan fingerprint density at radius 1 is 1.35 bits per heavy atom. The predicted molar refractivity (Wildman–Crippen MR) is 92.3 cm³/mol. The SMILES string of the molecule is COC(C)c1nc2c3c(nc(N)c2[nH]1)C(CCCCN)CCC3. The van der Waals surface area contributed by atoms with E-state index in [9.17, 15) is 0 Å². The van der Waals surface area contributed by atoms with Gasteiger partial charge < -0.3 is 21.2 Å². The molecule has 126 valence electrons. The molecule has 0 aliphatic heterocycles. The molecule has 2 aromatic rings. The summed E-state index contributed by atoms with van der Waals surface area (Å²) < 4.78 is 5.37. The number of nitrogens with one attached hydrogen (secondary N) is 1. The van der Waals surface area contributed by atoms with Crippen molar-refractivity contribution < 1.29 is 4.74 Å². The second kappa shape index (κ2) is 6.84. The van der Waals surface area contributed by atoms with Gasteiger partial charge in [-0.05, 0) is 45.6 Å². The first-order valence-electron chi connectivity index (χ1n) is 8.56. The molecule has 0 radical (unpaired) electrons. The number of ether oxygens (including phenoxy) is 1. The zero-order valence-corrected chi connectivity index (χ0v) is 14.1. The smallest absolute Gasteiger partial charge is 0.149 e. The quantitative estimate of drug-likeness (QED) is 0.711. The first kappa shape index (κ1) is 16.2. The van der Waals surface area contributed by atoms with E-state index in [-0.39, 0.29) is 6.10 Å². The van der Waals surface area contributed by atoms with E-state index in [1.165, 1.54) is 18.4 Å². The van der Waals surface area contributed by atoms with Crippen LogP contribution in [0, 0.1) is 0 Å². The Hall–Kier alpha value is -1.66. The Morgan fingerprint density at radius 2 is 2.17 bits per heavy atom. The molecule has 23 heavy (non-hydrogen) atoms. The fraction of sp³-hybridized carbons (Fsp3) is 0.647. The van der Waals surface area contributed by atoms with Gasteiger partial charge in [-0.25, -0.2) is 9.97 Å². The highest BCUT2D eigenvalue weighted by atomic mass is 16.5. The molecule has 0 amide bonds. The van der Waals surface area contributed by atoms with Gasteiger partial charge in [-0.15, -0.1) is 0 Å². The molecule has 6 nitrogen and oxygen atoms in total. The van der Waals surface area contributed by atoms with Crippen LogP contribution in [-0.2, 0) is 11.2 Å². The summed E-state index contributed by atoms with van der Waals surface area (Å²) in [4.78, 5) is 12.8. The second-order valence-corrected chi connectivity index (χ2v) is 6.46. The summed E-state index contributed by atoms with van der Waals surface area (Å²) in [7, 11) is 1.68. The number of aromatic amines is 1. The maximum Gasteiger partial charge on any atom is 0.149 e. The van der Waals surface area contributed by atoms with Gasteiger partial charge in [-0.3, -0.25) is 0 Å². The van der Waals surface area contributed by atoms with Crippen molar-refractivity contribution in [1.82, 2.24) is 15.0 Å². The molecule has 6 heteroatoms. The maximum absolute atomic E-state index is 6.21. The topological polar surface area (TPSA) is 103 Å². The minimum absolute atomic E-state index is 0.0820. The van der Waals surface area contributed by atoms with Gasteiger partial charge in [0.25, 0.3) is 0 Å². The number of aryl methyl sites for hydroxylation is 1. The van der Waals surface area contributed by atoms with E-state index < -0.39 is 0 Å². The first-order valence-corrected chi connectivity index (χ1v) is 8.56. The van der Waals surface area contributed by atoms with Crippen molar-refractivity contribution >= 4 is 16.9 Å². The van der Waals surface area contributed by atoms with Crippen molar-refractivity contribution in [2.24, 2.45) is 5.73 Å². The number of nitrogens with zero attached hydrogens (tertiary/aromatic N) is 2. The molecule has 2 atom stereocenters. The highest BCUT2D eigenvalue weighted by Gasteiger charge is 2.26. The minimum Gasteiger partial charge on any atom is -0.382 e. The zero-order valence-electron chi connectivity index (χ0n) is 14.1. The number of rotatable bonds is 6. The summed E-state index contributed by atoms with van der Waals surface area (Å²) in [5, 5.41) is 0. The summed E-state index contributed by atoms with van der Waals surface area (Å²) >= 11 is 0. The summed E-state index contributed by atoms with van der Waals surface area (Å²) in [5.41, 5.74) is 16.1. The number of imidazole rings is 1. The highest BCUT2D eigenvalue weighted by molar-refractivity contribution is 5.88. The molecule has 0 fully saturated rings. The Labute approximate surface area is 137 Å². The van der Waals surface area contributed by atoms with Gasteiger partial charge in [0.05, 0.1) is 11.2 Å². The lowest BCUT2D eigenvalue weighted by atomic mass is 9.83. The number of hydrogen-bond acceptors (Lipinski definition) is 5. The standard InChI is InChI=1S/C17H27N5O/c1-10(23-2)17-21-14-12-8-5-7-11(6-3-4-9-18)13(12)20-16(19)15(14)22-17/h10-11H,3-9,18H2,1-2H3,(H2,19,20)(H,21,22). The van der Waals surface area contributed by atoms with Crippen molar-refractivity contribution in [2.45, 2.75) is 57.5 Å². The number of nitrogen functional groups attached to an aromatic ring is 1. The number of H-pyrrole nitrogens is 1. The zero-order chi connectivity index (χ0) is 16.4. The van der Waals surface area contributed by atoms with Crippen LogP contribution in [0.2, 0.25) is 0 Å². The monoisotopic (exact) mass is 317 g/mol. The third kappa shape index (κ3) is 3.05. The molecular formula is C17H27N5O. The van der Waals surface area contributed by atoms with Crippen molar-refractivity contribution in [1.29, 1.82) is 0 Å². The summed E-state index contributed by atoms with van der Waals surface area (Å²) in [6.45, 7) is 2.73. The average Bonchev–Trinajstić information content (AvgIpc) is 3.01. The Kier molecular flexibility index (Phi) is 4.82. The van der Waals surface area contributed by atoms with Crippen LogP contribution in [0.1, 0.15) is 68.1 Å². The van der Waals surface area contributed by atoms with Crippen LogP contribution in [-0.4, -0.2) is 28.6 Å². The molecule has 0 bridgehead atoms. The maximum atomic E-state index is 6.21. The van der Waals surface area contributed by atoms with Crippen LogP contribution in [0.15, 0.2) is 0 Å². The third-order valence-electron chi connectivity index (χ3n) is 4.93. The van der Waals surface area contributed by atoms with E-state index in [4.69, 9.17) is 26.2 Å². The summed E-state index contributed by atoms with van der Waals surface area (Å²) in [6, 6.07) is 0. The number of unbranched alkanes of at least 4 members (excludes halogenated alkanes) is 1. The Balaban J connectivity index is 2.00. The van der Waals surface area contributed by atoms with Crippen LogP contribution in [0.25, 0.3) is 11.0 Å². The molecule has 2 unspecified atom stereocenters. The van der Waals surface area contributed by atoms with Crippen molar-refractivity contribution in [3.63, 3.8) is 0 Å². The summed E-state index contributed by atoms with van der Waals surface area (Å²) in [6.07, 6.45) is 6.66. The van der Waals surface area contributed by atoms with Gasteiger partial charge in [0, 0.05) is 18.6 Å². The molecule has 5 N–H and O–H groups in total. The Bertz CT molecular complexity index is 681. The first-order chi connectivity index (χ1) is 11.2. The second-order valence-electron chi connectivity index (χ2n) is 6.46. The van der Waals surface area contributed by atoms with Crippen LogP contribution in [0.5, 0.6) is 0 Å². The molecule has 0 saturated carbocycles. The van der Waals surface area contributed by atoms with Crippen molar-refractivity contribution in [3.05, 3.63) is 17.1 Å². The number of methoxy groups -OCH3 is 1. The van der Waals surface area contributed by atoms with Crippen molar-refractivity contribution in [3.8, 4) is 0 Å². The molecule has 0 saturated heterocycles. The highest BCUT2D eigenvalue weighted by Crippen LogP contribution is 2.38. The number of aromatic nitrogens is 3. The molecule has 0 aromatic carbocycles. The Morgan fingerprint density at radius 3 is 2.91 bits per heavy atom. The lowest BCUT2D eigenvalue weighted by Crippen LogP contribution is -2.14. The lowest BCUT2D eigenvalue weighted by molar-refractivity contribution is 0.113. The normalized spacial score (nSPS) is 19.0. The number of hydrogen-bond donors (Lipinski definition) is 3. The van der Waals surface area contributed by atoms with Gasteiger partial charge in [0.2, 0.25) is 0 Å². The van der Waals surface area contributed by atoms with Gasteiger partial charge in [0.15, 0.2) is 0 Å². The minimum atomic E-state index is -0.0820. The molecule has 3 rings (SSSR count). The summed E-state index contributed by atoms with van der Waals surface area (Å²) in [5.74, 6) is 1.85. The van der Waals surface area contributed by atoms with E-state index in [0.29, 0.717) is 11.7 Å². The van der Waals surface area contributed by atoms with Gasteiger partial charge >= 0.3 is 0 Å². The van der Waals surface area contributed by atoms with Gasteiger partial charge in [-0.2, -0.15) is 0 Å². The lowest BCUT2D eigenvalue weighted by Gasteiger charge is -2.25. The molecule has 2 aromatic heterocycles. The van der Waals surface area contributed by atoms with Crippen LogP contribution < -0.4 is 11.5 Å². The van der Waals surface area contributed by atoms with Crippen molar-refractivity contribution in [2.75, 3.05) is 19.4 Å². The van der Waals surface area contributed by atoms with E-state index in [0.717, 1.165) is 54.8 Å². The third-order valence-corrected chi connectivity index (χ3v) is 4.93. The average molecular weight is 317 g/mol. The molecule has 1 aliphatic carbocycles. The van der Waals surface area contributed by atoms with E-state index in [2.05, 4.69) is 4.98 Å². The number of pyridine rings is 1. The fourth-order valence-electron chi connectivity index (χ4n) is 3.54. The van der Waals surface area contributed by atoms with Crippen LogP contribution in [0.3, 0.4) is 0 Å². The predicted octanol–water partition coefficient (Wildman–Crippen LogP) is 2.80. The van der Waals surface area contributed by atoms with Gasteiger partial charge in [0.1, 0.15) is 23.3 Å². The van der Waals surface area contributed by atoms with E-state index in [1.807, 2.05) is 6.92 Å². The molecule has 0 spiro atoms. The number of anilines is 1. The van der Waals surface area contributed by atoms with Crippen LogP contribution in [0.4, 0.5) is 5.82 Å². The molecular weight excluding hydrogens is 290 g/mol. The van der Waals surface area contributed by atoms with Crippen LogP contribution >= 0.6 is 0 Å². The molecule has 1 aliphatic rings. The molecule has 2 heterocycles. The largest absolute Gasteiger partial charge is 0.382 e. The number of nitrogens with two attached hydrogens (primary N) is 2. The van der Waals surface area contributed by atoms with E-state index in [1.54, 1.807) is 7.11 Å². The van der Waals surface area contributed by atoms with E-state index >= 15 is 0 Å². The number of fused-ring (bicyclic) bond motifs is 3.